The van der Waals surface area contributed by atoms with Crippen molar-refractivity contribution in [2.75, 3.05) is 12.4 Å². The molecule has 0 saturated heterocycles. The van der Waals surface area contributed by atoms with Crippen molar-refractivity contribution in [2.45, 2.75) is 0 Å². The second-order valence-corrected chi connectivity index (χ2v) is 3.94. The van der Waals surface area contributed by atoms with Gasteiger partial charge >= 0.3 is 0 Å². The average molecular weight is 297 g/mol. The Kier molecular flexibility index (Phi) is 3.05. The highest BCUT2D eigenvalue weighted by Crippen LogP contribution is 2.24. The molecule has 3 N–H and O–H groups in total. The van der Waals surface area contributed by atoms with Crippen molar-refractivity contribution in [2.24, 2.45) is 5.73 Å². The van der Waals surface area contributed by atoms with Crippen molar-refractivity contribution in [3.05, 3.63) is 28.8 Å². The van der Waals surface area contributed by atoms with Gasteiger partial charge in [-0.1, -0.05) is 0 Å². The summed E-state index contributed by atoms with van der Waals surface area (Å²) < 4.78 is 2.11. The maximum absolute atomic E-state index is 11.0. The number of rotatable bonds is 3. The van der Waals surface area contributed by atoms with Crippen LogP contribution in [0.4, 0.5) is 5.82 Å². The Morgan fingerprint density at radius 2 is 2.29 bits per heavy atom. The number of primary amides is 1. The molecule has 8 heteroatoms. The van der Waals surface area contributed by atoms with Crippen LogP contribution in [0.15, 0.2) is 23.2 Å². The lowest BCUT2D eigenvalue weighted by Crippen LogP contribution is -2.09. The minimum atomic E-state index is -0.532. The molecule has 0 aliphatic carbocycles. The number of carbonyl (C=O) groups is 1. The Hall–Kier alpha value is -1.96. The fourth-order valence-corrected chi connectivity index (χ4v) is 1.85. The first kappa shape index (κ1) is 11.5. The van der Waals surface area contributed by atoms with Crippen molar-refractivity contribution in [1.82, 2.24) is 19.7 Å². The second kappa shape index (κ2) is 4.50. The van der Waals surface area contributed by atoms with Crippen LogP contribution in [0.25, 0.3) is 5.82 Å². The number of nitrogens with zero attached hydrogens (tertiary/aromatic N) is 4. The first-order valence-electron chi connectivity index (χ1n) is 4.66. The first-order chi connectivity index (χ1) is 8.13. The molecule has 1 amide bonds. The van der Waals surface area contributed by atoms with Gasteiger partial charge < -0.3 is 11.1 Å². The lowest BCUT2D eigenvalue weighted by molar-refractivity contribution is 0.100. The molecule has 0 spiro atoms. The van der Waals surface area contributed by atoms with Crippen LogP contribution in [0.2, 0.25) is 0 Å². The number of amides is 1. The summed E-state index contributed by atoms with van der Waals surface area (Å²) in [5.74, 6) is 0.623. The van der Waals surface area contributed by atoms with Gasteiger partial charge in [0.1, 0.15) is 16.6 Å². The van der Waals surface area contributed by atoms with E-state index in [1.165, 1.54) is 23.4 Å². The zero-order valence-corrected chi connectivity index (χ0v) is 10.5. The molecule has 2 aromatic heterocycles. The highest BCUT2D eigenvalue weighted by Gasteiger charge is 2.12. The number of carbonyl (C=O) groups excluding carboxylic acids is 1. The number of halogens is 1. The summed E-state index contributed by atoms with van der Waals surface area (Å²) in [6.07, 6.45) is 4.29. The van der Waals surface area contributed by atoms with Gasteiger partial charge in [0.15, 0.2) is 5.82 Å². The summed E-state index contributed by atoms with van der Waals surface area (Å²) >= 11 is 3.36. The van der Waals surface area contributed by atoms with E-state index < -0.39 is 5.91 Å². The Bertz CT molecular complexity index is 566. The number of hydrogen-bond donors (Lipinski definition) is 2. The van der Waals surface area contributed by atoms with E-state index in [9.17, 15) is 4.79 Å². The van der Waals surface area contributed by atoms with Gasteiger partial charge in [0.25, 0.3) is 5.91 Å². The van der Waals surface area contributed by atoms with Gasteiger partial charge in [0.2, 0.25) is 0 Å². The van der Waals surface area contributed by atoms with Crippen molar-refractivity contribution in [1.29, 1.82) is 0 Å². The van der Waals surface area contributed by atoms with E-state index in [2.05, 4.69) is 36.3 Å². The SMILES string of the molecule is CNc1ncnc(-n2cc(C(N)=O)cn2)c1Br. The van der Waals surface area contributed by atoms with Crippen LogP contribution >= 0.6 is 15.9 Å². The Balaban J connectivity index is 2.49. The van der Waals surface area contributed by atoms with Gasteiger partial charge in [0.05, 0.1) is 11.8 Å². The molecular formula is C9H9BrN6O. The van der Waals surface area contributed by atoms with Crippen LogP contribution in [0, 0.1) is 0 Å². The highest BCUT2D eigenvalue weighted by atomic mass is 79.9. The van der Waals surface area contributed by atoms with Crippen molar-refractivity contribution < 1.29 is 4.79 Å². The fourth-order valence-electron chi connectivity index (χ4n) is 1.26. The summed E-state index contributed by atoms with van der Waals surface area (Å²) in [4.78, 5) is 19.1. The summed E-state index contributed by atoms with van der Waals surface area (Å²) in [5.41, 5.74) is 5.47. The van der Waals surface area contributed by atoms with E-state index in [0.717, 1.165) is 0 Å². The van der Waals surface area contributed by atoms with Crippen molar-refractivity contribution in [3.63, 3.8) is 0 Å². The number of nitrogens with two attached hydrogens (primary N) is 1. The number of hydrogen-bond acceptors (Lipinski definition) is 5. The standard InChI is InChI=1S/C9H9BrN6O/c1-12-8-6(10)9(14-4-13-8)16-3-5(2-15-16)7(11)17/h2-4H,1H3,(H2,11,17)(H,12,13,14). The molecule has 0 bridgehead atoms. The molecule has 0 aliphatic heterocycles. The smallest absolute Gasteiger partial charge is 0.251 e. The molecule has 0 saturated carbocycles. The fraction of sp³-hybridized carbons (Fsp3) is 0.111. The van der Waals surface area contributed by atoms with Gasteiger partial charge in [-0.25, -0.2) is 14.6 Å². The van der Waals surface area contributed by atoms with Crippen LogP contribution in [-0.2, 0) is 0 Å². The van der Waals surface area contributed by atoms with E-state index in [1.54, 1.807) is 7.05 Å². The van der Waals surface area contributed by atoms with Crippen LogP contribution in [0.5, 0.6) is 0 Å². The molecule has 0 unspecified atom stereocenters. The van der Waals surface area contributed by atoms with Gasteiger partial charge in [-0.15, -0.1) is 0 Å². The van der Waals surface area contributed by atoms with Gasteiger partial charge in [-0.2, -0.15) is 5.10 Å². The minimum absolute atomic E-state index is 0.321. The van der Waals surface area contributed by atoms with Crippen LogP contribution < -0.4 is 11.1 Å². The quantitative estimate of drug-likeness (QED) is 0.862. The lowest BCUT2D eigenvalue weighted by Gasteiger charge is -2.06. The maximum Gasteiger partial charge on any atom is 0.251 e. The Morgan fingerprint density at radius 1 is 1.53 bits per heavy atom. The highest BCUT2D eigenvalue weighted by molar-refractivity contribution is 9.10. The predicted octanol–water partition coefficient (Wildman–Crippen LogP) is 0.565. The zero-order chi connectivity index (χ0) is 12.4. The van der Waals surface area contributed by atoms with Crippen molar-refractivity contribution >= 4 is 27.7 Å². The zero-order valence-electron chi connectivity index (χ0n) is 8.88. The number of aromatic nitrogens is 4. The molecule has 0 radical (unpaired) electrons. The topological polar surface area (TPSA) is 98.7 Å². The molecule has 7 nitrogen and oxygen atoms in total. The Labute approximate surface area is 105 Å². The third-order valence-electron chi connectivity index (χ3n) is 2.09. The van der Waals surface area contributed by atoms with E-state index >= 15 is 0 Å². The van der Waals surface area contributed by atoms with E-state index in [4.69, 9.17) is 5.73 Å². The molecule has 2 rings (SSSR count). The molecule has 2 aromatic rings. The monoisotopic (exact) mass is 296 g/mol. The molecule has 88 valence electrons. The van der Waals surface area contributed by atoms with Crippen LogP contribution in [-0.4, -0.2) is 32.7 Å². The predicted molar refractivity (Wildman–Crippen MR) is 64.9 cm³/mol. The molecule has 0 aromatic carbocycles. The van der Waals surface area contributed by atoms with E-state index in [0.29, 0.717) is 21.7 Å². The molecular weight excluding hydrogens is 288 g/mol. The third kappa shape index (κ3) is 2.11. The molecule has 0 fully saturated rings. The largest absolute Gasteiger partial charge is 0.372 e. The second-order valence-electron chi connectivity index (χ2n) is 3.15. The summed E-state index contributed by atoms with van der Waals surface area (Å²) in [5, 5.41) is 6.92. The summed E-state index contributed by atoms with van der Waals surface area (Å²) in [6, 6.07) is 0. The summed E-state index contributed by atoms with van der Waals surface area (Å²) in [7, 11) is 1.74. The average Bonchev–Trinajstić information content (AvgIpc) is 2.78. The normalized spacial score (nSPS) is 10.2. The maximum atomic E-state index is 11.0. The van der Waals surface area contributed by atoms with Crippen LogP contribution in [0.1, 0.15) is 10.4 Å². The Morgan fingerprint density at radius 3 is 2.88 bits per heavy atom. The molecule has 0 aliphatic rings. The van der Waals surface area contributed by atoms with E-state index in [1.807, 2.05) is 0 Å². The molecule has 0 atom stereocenters. The van der Waals surface area contributed by atoms with Crippen LogP contribution in [0.3, 0.4) is 0 Å². The third-order valence-corrected chi connectivity index (χ3v) is 2.82. The molecule has 17 heavy (non-hydrogen) atoms. The van der Waals surface area contributed by atoms with Gasteiger partial charge in [-0.3, -0.25) is 4.79 Å². The summed E-state index contributed by atoms with van der Waals surface area (Å²) in [6.45, 7) is 0. The lowest BCUT2D eigenvalue weighted by atomic mass is 10.3. The number of nitrogens with one attached hydrogen (secondary N) is 1. The van der Waals surface area contributed by atoms with E-state index in [-0.39, 0.29) is 0 Å². The first-order valence-corrected chi connectivity index (χ1v) is 5.46. The van der Waals surface area contributed by atoms with Crippen molar-refractivity contribution in [3.8, 4) is 5.82 Å². The molecule has 2 heterocycles. The van der Waals surface area contributed by atoms with Gasteiger partial charge in [0, 0.05) is 13.2 Å². The van der Waals surface area contributed by atoms with Gasteiger partial charge in [-0.05, 0) is 15.9 Å². The minimum Gasteiger partial charge on any atom is -0.372 e. The number of anilines is 1.